The van der Waals surface area contributed by atoms with Crippen LogP contribution in [0.3, 0.4) is 0 Å². The number of halogens is 1. The van der Waals surface area contributed by atoms with Crippen molar-refractivity contribution < 1.29 is 13.9 Å². The van der Waals surface area contributed by atoms with Gasteiger partial charge in [-0.25, -0.2) is 9.18 Å². The molecule has 0 aliphatic carbocycles. The minimum atomic E-state index is -0.608. The Morgan fingerprint density at radius 3 is 2.92 bits per heavy atom. The molecule has 0 spiro atoms. The van der Waals surface area contributed by atoms with Gasteiger partial charge in [0.1, 0.15) is 4.88 Å². The third kappa shape index (κ3) is 1.24. The van der Waals surface area contributed by atoms with Gasteiger partial charge in [-0.15, -0.1) is 11.3 Å². The molecule has 0 atom stereocenters. The first-order chi connectivity index (χ1) is 6.24. The van der Waals surface area contributed by atoms with Crippen LogP contribution in [-0.4, -0.2) is 13.1 Å². The number of fused-ring (bicyclic) bond motifs is 1. The van der Waals surface area contributed by atoms with E-state index in [1.165, 1.54) is 18.4 Å². The molecule has 0 saturated carbocycles. The predicted octanol–water partition coefficient (Wildman–Crippen LogP) is 2.89. The minimum absolute atomic E-state index is 0.0558. The van der Waals surface area contributed by atoms with Crippen LogP contribution in [0.15, 0.2) is 10.8 Å². The monoisotopic (exact) mass is 216 g/mol. The van der Waals surface area contributed by atoms with Crippen LogP contribution in [-0.2, 0) is 4.74 Å². The lowest BCUT2D eigenvalue weighted by atomic mass is 10.3. The number of thiophene rings is 2. The quantitative estimate of drug-likeness (QED) is 0.685. The van der Waals surface area contributed by atoms with Crippen LogP contribution in [0.25, 0.3) is 10.1 Å². The Morgan fingerprint density at radius 2 is 2.31 bits per heavy atom. The van der Waals surface area contributed by atoms with E-state index in [0.717, 1.165) is 16.0 Å². The summed E-state index contributed by atoms with van der Waals surface area (Å²) >= 11 is 2.54. The van der Waals surface area contributed by atoms with Crippen LogP contribution in [0.1, 0.15) is 9.67 Å². The fraction of sp³-hybridized carbons (Fsp3) is 0.125. The zero-order valence-corrected chi connectivity index (χ0v) is 8.30. The number of esters is 1. The van der Waals surface area contributed by atoms with Crippen LogP contribution in [0.5, 0.6) is 0 Å². The Bertz CT molecular complexity index is 458. The van der Waals surface area contributed by atoms with Gasteiger partial charge < -0.3 is 4.74 Å². The molecule has 0 N–H and O–H groups in total. The highest BCUT2D eigenvalue weighted by molar-refractivity contribution is 7.24. The van der Waals surface area contributed by atoms with Gasteiger partial charge in [-0.1, -0.05) is 0 Å². The van der Waals surface area contributed by atoms with Crippen molar-refractivity contribution in [1.29, 1.82) is 0 Å². The molecule has 0 aliphatic rings. The molecule has 0 bridgehead atoms. The lowest BCUT2D eigenvalue weighted by Crippen LogP contribution is -1.99. The standard InChI is InChI=1S/C8H5FO2S2/c1-11-8(10)7-6(9)4-2-12-3-5(4)13-7/h2-3H,1H3. The molecule has 0 radical (unpaired) electrons. The van der Waals surface area contributed by atoms with E-state index in [9.17, 15) is 9.18 Å². The smallest absolute Gasteiger partial charge is 0.351 e. The zero-order valence-electron chi connectivity index (χ0n) is 6.67. The zero-order chi connectivity index (χ0) is 9.42. The van der Waals surface area contributed by atoms with Crippen molar-refractivity contribution in [3.8, 4) is 0 Å². The molecule has 2 aromatic heterocycles. The summed E-state index contributed by atoms with van der Waals surface area (Å²) in [5.74, 6) is -1.07. The number of carbonyl (C=O) groups excluding carboxylic acids is 1. The third-order valence-electron chi connectivity index (χ3n) is 1.65. The normalized spacial score (nSPS) is 10.6. The van der Waals surface area contributed by atoms with Crippen LogP contribution in [0.4, 0.5) is 4.39 Å². The maximum Gasteiger partial charge on any atom is 0.351 e. The van der Waals surface area contributed by atoms with Gasteiger partial charge in [-0.2, -0.15) is 11.3 Å². The molecule has 0 fully saturated rings. The number of methoxy groups -OCH3 is 1. The van der Waals surface area contributed by atoms with Crippen molar-refractivity contribution in [2.45, 2.75) is 0 Å². The second-order valence-corrected chi connectivity index (χ2v) is 4.18. The van der Waals surface area contributed by atoms with Crippen LogP contribution >= 0.6 is 22.7 Å². The fourth-order valence-corrected chi connectivity index (χ4v) is 2.99. The van der Waals surface area contributed by atoms with Gasteiger partial charge >= 0.3 is 5.97 Å². The van der Waals surface area contributed by atoms with Crippen molar-refractivity contribution in [2.24, 2.45) is 0 Å². The van der Waals surface area contributed by atoms with Crippen molar-refractivity contribution in [2.75, 3.05) is 7.11 Å². The molecule has 0 aliphatic heterocycles. The van der Waals surface area contributed by atoms with Crippen molar-refractivity contribution in [3.63, 3.8) is 0 Å². The molecule has 2 nitrogen and oxygen atoms in total. The number of carbonyl (C=O) groups is 1. The summed E-state index contributed by atoms with van der Waals surface area (Å²) in [7, 11) is 1.24. The van der Waals surface area contributed by atoms with Gasteiger partial charge in [0, 0.05) is 20.8 Å². The molecule has 0 unspecified atom stereocenters. The number of hydrogen-bond acceptors (Lipinski definition) is 4. The highest BCUT2D eigenvalue weighted by Gasteiger charge is 2.19. The molecule has 68 valence electrons. The van der Waals surface area contributed by atoms with Crippen LogP contribution in [0, 0.1) is 5.82 Å². The van der Waals surface area contributed by atoms with Gasteiger partial charge in [0.25, 0.3) is 0 Å². The number of ether oxygens (including phenoxy) is 1. The number of rotatable bonds is 1. The summed E-state index contributed by atoms with van der Waals surface area (Å²) in [6.07, 6.45) is 0. The Hall–Kier alpha value is -0.940. The lowest BCUT2D eigenvalue weighted by molar-refractivity contribution is 0.0602. The first-order valence-corrected chi connectivity index (χ1v) is 5.22. The molecule has 0 aromatic carbocycles. The van der Waals surface area contributed by atoms with E-state index in [4.69, 9.17) is 0 Å². The summed E-state index contributed by atoms with van der Waals surface area (Å²) in [5.41, 5.74) is 0. The Morgan fingerprint density at radius 1 is 1.54 bits per heavy atom. The van der Waals surface area contributed by atoms with E-state index >= 15 is 0 Å². The second-order valence-electron chi connectivity index (χ2n) is 2.39. The Balaban J connectivity index is 2.64. The van der Waals surface area contributed by atoms with E-state index < -0.39 is 11.8 Å². The van der Waals surface area contributed by atoms with E-state index in [2.05, 4.69) is 4.74 Å². The average molecular weight is 216 g/mol. The molecular weight excluding hydrogens is 211 g/mol. The van der Waals surface area contributed by atoms with E-state index in [0.29, 0.717) is 5.39 Å². The first kappa shape index (κ1) is 8.65. The van der Waals surface area contributed by atoms with Gasteiger partial charge in [0.15, 0.2) is 5.82 Å². The van der Waals surface area contributed by atoms with Crippen molar-refractivity contribution >= 4 is 38.7 Å². The summed E-state index contributed by atoms with van der Waals surface area (Å²) in [6.45, 7) is 0. The average Bonchev–Trinajstić information content (AvgIpc) is 2.68. The second kappa shape index (κ2) is 3.08. The summed E-state index contributed by atoms with van der Waals surface area (Å²) < 4.78 is 18.7. The SMILES string of the molecule is COC(=O)c1sc2cscc2c1F. The molecule has 5 heteroatoms. The van der Waals surface area contributed by atoms with Gasteiger partial charge in [-0.05, 0) is 0 Å². The molecule has 0 saturated heterocycles. The lowest BCUT2D eigenvalue weighted by Gasteiger charge is -1.92. The maximum absolute atomic E-state index is 13.4. The van der Waals surface area contributed by atoms with E-state index in [1.54, 1.807) is 5.38 Å². The van der Waals surface area contributed by atoms with E-state index in [-0.39, 0.29) is 4.88 Å². The number of hydrogen-bond donors (Lipinski definition) is 0. The Labute approximate surface area is 81.6 Å². The predicted molar refractivity (Wildman–Crippen MR) is 51.0 cm³/mol. The topological polar surface area (TPSA) is 26.3 Å². The largest absolute Gasteiger partial charge is 0.465 e. The van der Waals surface area contributed by atoms with Gasteiger partial charge in [0.2, 0.25) is 0 Å². The maximum atomic E-state index is 13.4. The van der Waals surface area contributed by atoms with Crippen LogP contribution in [0.2, 0.25) is 0 Å². The molecular formula is C8H5FO2S2. The molecule has 2 rings (SSSR count). The first-order valence-electron chi connectivity index (χ1n) is 3.46. The highest BCUT2D eigenvalue weighted by atomic mass is 32.1. The highest BCUT2D eigenvalue weighted by Crippen LogP contribution is 2.32. The molecule has 0 amide bonds. The molecule has 2 aromatic rings. The fourth-order valence-electron chi connectivity index (χ4n) is 1.03. The van der Waals surface area contributed by atoms with E-state index in [1.807, 2.05) is 5.38 Å². The molecule has 2 heterocycles. The Kier molecular flexibility index (Phi) is 2.05. The van der Waals surface area contributed by atoms with Crippen LogP contribution < -0.4 is 0 Å². The molecule has 13 heavy (non-hydrogen) atoms. The summed E-state index contributed by atoms with van der Waals surface area (Å²) in [5, 5.41) is 4.01. The minimum Gasteiger partial charge on any atom is -0.465 e. The van der Waals surface area contributed by atoms with Gasteiger partial charge in [-0.3, -0.25) is 0 Å². The summed E-state index contributed by atoms with van der Waals surface area (Å²) in [4.78, 5) is 11.1. The van der Waals surface area contributed by atoms with Gasteiger partial charge in [0.05, 0.1) is 7.11 Å². The summed E-state index contributed by atoms with van der Waals surface area (Å²) in [6, 6.07) is 0. The van der Waals surface area contributed by atoms with Crippen molar-refractivity contribution in [1.82, 2.24) is 0 Å². The van der Waals surface area contributed by atoms with Crippen molar-refractivity contribution in [3.05, 3.63) is 21.5 Å². The third-order valence-corrected chi connectivity index (χ3v) is 3.65.